The molecule has 0 fully saturated rings. The van der Waals surface area contributed by atoms with Crippen molar-refractivity contribution in [2.24, 2.45) is 0 Å². The minimum Gasteiger partial charge on any atom is -0.493 e. The van der Waals surface area contributed by atoms with E-state index in [4.69, 9.17) is 14.2 Å². The first kappa shape index (κ1) is 19.2. The Kier molecular flexibility index (Phi) is 6.12. The number of allylic oxidation sites excluding steroid dienone is 1. The van der Waals surface area contributed by atoms with Crippen LogP contribution in [0.2, 0.25) is 0 Å². The molecule has 0 aliphatic carbocycles. The molecular formula is C24H22O4. The Morgan fingerprint density at radius 3 is 1.86 bits per heavy atom. The van der Waals surface area contributed by atoms with E-state index >= 15 is 0 Å². The van der Waals surface area contributed by atoms with Crippen LogP contribution in [0.4, 0.5) is 0 Å². The van der Waals surface area contributed by atoms with Crippen LogP contribution in [0.1, 0.15) is 15.9 Å². The summed E-state index contributed by atoms with van der Waals surface area (Å²) in [7, 11) is 4.58. The minimum absolute atomic E-state index is 0.147. The summed E-state index contributed by atoms with van der Waals surface area (Å²) in [5.74, 6) is 1.21. The van der Waals surface area contributed by atoms with E-state index in [1.54, 1.807) is 18.2 Å². The number of rotatable bonds is 7. The molecular weight excluding hydrogens is 352 g/mol. The molecule has 0 N–H and O–H groups in total. The van der Waals surface area contributed by atoms with Crippen molar-refractivity contribution >= 4 is 11.9 Å². The van der Waals surface area contributed by atoms with Gasteiger partial charge in [-0.05, 0) is 34.9 Å². The Morgan fingerprint density at radius 1 is 0.750 bits per heavy atom. The minimum atomic E-state index is -0.147. The van der Waals surface area contributed by atoms with Crippen LogP contribution >= 0.6 is 0 Å². The lowest BCUT2D eigenvalue weighted by Crippen LogP contribution is -2.00. The molecule has 0 radical (unpaired) electrons. The Hall–Kier alpha value is -3.53. The second kappa shape index (κ2) is 8.91. The molecule has 0 aromatic heterocycles. The summed E-state index contributed by atoms with van der Waals surface area (Å²) in [6, 6.07) is 21.5. The molecule has 0 bridgehead atoms. The van der Waals surface area contributed by atoms with Crippen LogP contribution in [0.25, 0.3) is 17.2 Å². The summed E-state index contributed by atoms with van der Waals surface area (Å²) in [5.41, 5.74) is 3.70. The molecule has 142 valence electrons. The number of carbonyl (C=O) groups is 1. The zero-order valence-electron chi connectivity index (χ0n) is 16.1. The number of hydrogen-bond donors (Lipinski definition) is 0. The maximum atomic E-state index is 12.6. The lowest BCUT2D eigenvalue weighted by molar-refractivity contribution is 0.104. The molecule has 0 atom stereocenters. The highest BCUT2D eigenvalue weighted by molar-refractivity contribution is 6.07. The van der Waals surface area contributed by atoms with Crippen molar-refractivity contribution in [3.8, 4) is 28.4 Å². The second-order valence-electron chi connectivity index (χ2n) is 6.10. The van der Waals surface area contributed by atoms with Gasteiger partial charge in [0, 0.05) is 5.56 Å². The largest absolute Gasteiger partial charge is 0.493 e. The van der Waals surface area contributed by atoms with Crippen LogP contribution in [0, 0.1) is 0 Å². The molecule has 3 aromatic rings. The van der Waals surface area contributed by atoms with Crippen LogP contribution < -0.4 is 14.2 Å². The van der Waals surface area contributed by atoms with E-state index < -0.39 is 0 Å². The highest BCUT2D eigenvalue weighted by Gasteiger charge is 2.15. The smallest absolute Gasteiger partial charge is 0.203 e. The fourth-order valence-corrected chi connectivity index (χ4v) is 2.91. The average Bonchev–Trinajstić information content (AvgIpc) is 2.77. The molecule has 4 nitrogen and oxygen atoms in total. The molecule has 0 saturated carbocycles. The fourth-order valence-electron chi connectivity index (χ4n) is 2.91. The fraction of sp³-hybridized carbons (Fsp3) is 0.125. The third kappa shape index (κ3) is 4.23. The summed E-state index contributed by atoms with van der Waals surface area (Å²) in [5, 5.41) is 0. The molecule has 0 aliphatic rings. The number of carbonyl (C=O) groups excluding carboxylic acids is 1. The van der Waals surface area contributed by atoms with Crippen LogP contribution in [0.3, 0.4) is 0 Å². The van der Waals surface area contributed by atoms with Crippen LogP contribution in [0.5, 0.6) is 17.2 Å². The summed E-state index contributed by atoms with van der Waals surface area (Å²) in [4.78, 5) is 12.6. The van der Waals surface area contributed by atoms with Crippen LogP contribution in [-0.2, 0) is 0 Å². The molecule has 4 heteroatoms. The maximum Gasteiger partial charge on any atom is 0.203 e. The predicted octanol–water partition coefficient (Wildman–Crippen LogP) is 5.28. The Bertz CT molecular complexity index is 948. The van der Waals surface area contributed by atoms with E-state index in [9.17, 15) is 4.79 Å². The van der Waals surface area contributed by atoms with Gasteiger partial charge in [-0.25, -0.2) is 0 Å². The SMILES string of the molecule is COc1cc(C(=O)/C=C/c2ccc(-c3ccccc3)cc2)cc(OC)c1OC. The maximum absolute atomic E-state index is 12.6. The topological polar surface area (TPSA) is 44.8 Å². The summed E-state index contributed by atoms with van der Waals surface area (Å²) < 4.78 is 15.9. The van der Waals surface area contributed by atoms with Gasteiger partial charge < -0.3 is 14.2 Å². The quantitative estimate of drug-likeness (QED) is 0.417. The first-order valence-corrected chi connectivity index (χ1v) is 8.84. The van der Waals surface area contributed by atoms with Crippen molar-refractivity contribution in [1.29, 1.82) is 0 Å². The lowest BCUT2D eigenvalue weighted by Gasteiger charge is -2.13. The molecule has 3 rings (SSSR count). The van der Waals surface area contributed by atoms with Gasteiger partial charge in [-0.2, -0.15) is 0 Å². The lowest BCUT2D eigenvalue weighted by atomic mass is 10.0. The number of methoxy groups -OCH3 is 3. The first-order chi connectivity index (χ1) is 13.7. The zero-order chi connectivity index (χ0) is 19.9. The van der Waals surface area contributed by atoms with Gasteiger partial charge in [0.2, 0.25) is 5.75 Å². The van der Waals surface area contributed by atoms with Crippen LogP contribution in [0.15, 0.2) is 72.8 Å². The Balaban J connectivity index is 1.80. The van der Waals surface area contributed by atoms with Gasteiger partial charge in [-0.1, -0.05) is 60.7 Å². The monoisotopic (exact) mass is 374 g/mol. The second-order valence-corrected chi connectivity index (χ2v) is 6.10. The summed E-state index contributed by atoms with van der Waals surface area (Å²) >= 11 is 0. The molecule has 3 aromatic carbocycles. The molecule has 0 heterocycles. The first-order valence-electron chi connectivity index (χ1n) is 8.84. The van der Waals surface area contributed by atoms with Crippen molar-refractivity contribution in [2.75, 3.05) is 21.3 Å². The van der Waals surface area contributed by atoms with Crippen molar-refractivity contribution in [3.63, 3.8) is 0 Å². The van der Waals surface area contributed by atoms with Gasteiger partial charge >= 0.3 is 0 Å². The van der Waals surface area contributed by atoms with Crippen LogP contribution in [-0.4, -0.2) is 27.1 Å². The van der Waals surface area contributed by atoms with Crippen molar-refractivity contribution in [2.45, 2.75) is 0 Å². The van der Waals surface area contributed by atoms with E-state index in [0.29, 0.717) is 22.8 Å². The molecule has 0 spiro atoms. The zero-order valence-corrected chi connectivity index (χ0v) is 16.1. The van der Waals surface area contributed by atoms with E-state index in [1.807, 2.05) is 42.5 Å². The standard InChI is InChI=1S/C24H22O4/c1-26-22-15-20(16-23(27-2)24(22)28-3)21(25)14-11-17-9-12-19(13-10-17)18-7-5-4-6-8-18/h4-16H,1-3H3/b14-11+. The van der Waals surface area contributed by atoms with Gasteiger partial charge in [0.15, 0.2) is 17.3 Å². The molecule has 0 saturated heterocycles. The van der Waals surface area contributed by atoms with Gasteiger partial charge in [0.25, 0.3) is 0 Å². The third-order valence-corrected chi connectivity index (χ3v) is 4.39. The molecule has 0 unspecified atom stereocenters. The Labute approximate surface area is 165 Å². The Morgan fingerprint density at radius 2 is 1.32 bits per heavy atom. The van der Waals surface area contributed by atoms with Crippen molar-refractivity contribution < 1.29 is 19.0 Å². The normalized spacial score (nSPS) is 10.7. The van der Waals surface area contributed by atoms with Gasteiger partial charge in [0.05, 0.1) is 21.3 Å². The number of hydrogen-bond acceptors (Lipinski definition) is 4. The van der Waals surface area contributed by atoms with Gasteiger partial charge in [0.1, 0.15) is 0 Å². The number of ketones is 1. The summed E-state index contributed by atoms with van der Waals surface area (Å²) in [6.45, 7) is 0. The highest BCUT2D eigenvalue weighted by Crippen LogP contribution is 2.38. The highest BCUT2D eigenvalue weighted by atomic mass is 16.5. The molecule has 28 heavy (non-hydrogen) atoms. The average molecular weight is 374 g/mol. The third-order valence-electron chi connectivity index (χ3n) is 4.39. The van der Waals surface area contributed by atoms with E-state index in [0.717, 1.165) is 16.7 Å². The van der Waals surface area contributed by atoms with E-state index in [2.05, 4.69) is 12.1 Å². The van der Waals surface area contributed by atoms with E-state index in [1.165, 1.54) is 27.4 Å². The number of ether oxygens (including phenoxy) is 3. The van der Waals surface area contributed by atoms with E-state index in [-0.39, 0.29) is 5.78 Å². The number of benzene rings is 3. The van der Waals surface area contributed by atoms with Gasteiger partial charge in [-0.3, -0.25) is 4.79 Å². The summed E-state index contributed by atoms with van der Waals surface area (Å²) in [6.07, 6.45) is 3.33. The molecule has 0 aliphatic heterocycles. The molecule has 0 amide bonds. The van der Waals surface area contributed by atoms with Crippen molar-refractivity contribution in [3.05, 3.63) is 83.9 Å². The van der Waals surface area contributed by atoms with Gasteiger partial charge in [-0.15, -0.1) is 0 Å². The predicted molar refractivity (Wildman–Crippen MR) is 111 cm³/mol. The van der Waals surface area contributed by atoms with Crippen molar-refractivity contribution in [1.82, 2.24) is 0 Å².